The SMILES string of the molecule is O=C1O[C@H](CO)[C@H]2[C@@H]1[C@H]1C=C[C@@H]2C1. The van der Waals surface area contributed by atoms with Crippen LogP contribution >= 0.6 is 0 Å². The predicted molar refractivity (Wildman–Crippen MR) is 44.7 cm³/mol. The number of cyclic esters (lactones) is 1. The summed E-state index contributed by atoms with van der Waals surface area (Å²) >= 11 is 0. The molecule has 0 amide bonds. The zero-order chi connectivity index (χ0) is 9.00. The van der Waals surface area contributed by atoms with Gasteiger partial charge in [-0.3, -0.25) is 4.79 Å². The van der Waals surface area contributed by atoms with Gasteiger partial charge in [-0.25, -0.2) is 0 Å². The number of esters is 1. The van der Waals surface area contributed by atoms with Crippen LogP contribution in [0.25, 0.3) is 0 Å². The van der Waals surface area contributed by atoms with Gasteiger partial charge in [-0.05, 0) is 18.3 Å². The van der Waals surface area contributed by atoms with E-state index in [9.17, 15) is 4.79 Å². The molecule has 3 rings (SSSR count). The lowest BCUT2D eigenvalue weighted by atomic mass is 9.82. The van der Waals surface area contributed by atoms with E-state index in [1.54, 1.807) is 0 Å². The average Bonchev–Trinajstić information content (AvgIpc) is 2.76. The second-order valence-electron chi connectivity index (χ2n) is 4.21. The van der Waals surface area contributed by atoms with E-state index in [1.807, 2.05) is 0 Å². The molecular formula is C10H12O3. The first-order valence-electron chi connectivity index (χ1n) is 4.81. The Morgan fingerprint density at radius 1 is 1.46 bits per heavy atom. The largest absolute Gasteiger partial charge is 0.459 e. The smallest absolute Gasteiger partial charge is 0.310 e. The molecule has 0 unspecified atom stereocenters. The maximum Gasteiger partial charge on any atom is 0.310 e. The topological polar surface area (TPSA) is 46.5 Å². The van der Waals surface area contributed by atoms with Crippen LogP contribution in [0.2, 0.25) is 0 Å². The van der Waals surface area contributed by atoms with Gasteiger partial charge in [0.15, 0.2) is 0 Å². The number of carbonyl (C=O) groups is 1. The Morgan fingerprint density at radius 2 is 2.23 bits per heavy atom. The van der Waals surface area contributed by atoms with Gasteiger partial charge in [0.25, 0.3) is 0 Å². The van der Waals surface area contributed by atoms with Crippen molar-refractivity contribution in [3.05, 3.63) is 12.2 Å². The third-order valence-electron chi connectivity index (χ3n) is 3.67. The van der Waals surface area contributed by atoms with Crippen LogP contribution in [0, 0.1) is 23.7 Å². The molecule has 1 N–H and O–H groups in total. The lowest BCUT2D eigenvalue weighted by Gasteiger charge is -2.19. The fraction of sp³-hybridized carbons (Fsp3) is 0.700. The van der Waals surface area contributed by atoms with Crippen LogP contribution in [0.15, 0.2) is 12.2 Å². The van der Waals surface area contributed by atoms with Crippen LogP contribution in [0.3, 0.4) is 0 Å². The first-order chi connectivity index (χ1) is 6.31. The van der Waals surface area contributed by atoms with Crippen LogP contribution in [0.5, 0.6) is 0 Å². The number of hydrogen-bond acceptors (Lipinski definition) is 3. The van der Waals surface area contributed by atoms with Gasteiger partial charge in [0.05, 0.1) is 12.5 Å². The highest BCUT2D eigenvalue weighted by Gasteiger charge is 2.57. The van der Waals surface area contributed by atoms with Crippen molar-refractivity contribution in [1.82, 2.24) is 0 Å². The molecule has 3 nitrogen and oxygen atoms in total. The second kappa shape index (κ2) is 2.35. The standard InChI is InChI=1S/C10H12O3/c11-4-7-8-5-1-2-6(3-5)9(8)10(12)13-7/h1-2,5-9,11H,3-4H2/t5-,6+,7-,8+,9+/m1/s1. The van der Waals surface area contributed by atoms with Crippen molar-refractivity contribution in [1.29, 1.82) is 0 Å². The minimum atomic E-state index is -0.238. The summed E-state index contributed by atoms with van der Waals surface area (Å²) in [6.45, 7) is -0.0238. The van der Waals surface area contributed by atoms with Gasteiger partial charge in [-0.2, -0.15) is 0 Å². The molecule has 1 aliphatic heterocycles. The lowest BCUT2D eigenvalue weighted by molar-refractivity contribution is -0.146. The van der Waals surface area contributed by atoms with Crippen LogP contribution in [0.1, 0.15) is 6.42 Å². The summed E-state index contributed by atoms with van der Waals surface area (Å²) in [4.78, 5) is 11.4. The molecule has 3 heteroatoms. The Kier molecular flexibility index (Phi) is 1.37. The zero-order valence-electron chi connectivity index (χ0n) is 7.22. The number of carbonyl (C=O) groups excluding carboxylic acids is 1. The summed E-state index contributed by atoms with van der Waals surface area (Å²) in [5.41, 5.74) is 0. The minimum Gasteiger partial charge on any atom is -0.459 e. The number of hydrogen-bond donors (Lipinski definition) is 1. The van der Waals surface area contributed by atoms with Gasteiger partial charge in [0.2, 0.25) is 0 Å². The summed E-state index contributed by atoms with van der Waals surface area (Å²) in [7, 11) is 0. The highest BCUT2D eigenvalue weighted by atomic mass is 16.6. The Bertz CT molecular complexity index is 284. The monoisotopic (exact) mass is 180 g/mol. The van der Waals surface area contributed by atoms with Gasteiger partial charge < -0.3 is 9.84 Å². The zero-order valence-corrected chi connectivity index (χ0v) is 7.22. The van der Waals surface area contributed by atoms with E-state index in [1.165, 1.54) is 0 Å². The molecule has 0 radical (unpaired) electrons. The molecule has 1 heterocycles. The molecule has 0 aromatic heterocycles. The number of allylic oxidation sites excluding steroid dienone is 2. The molecule has 1 saturated heterocycles. The van der Waals surface area contributed by atoms with Crippen molar-refractivity contribution in [2.75, 3.05) is 6.61 Å². The van der Waals surface area contributed by atoms with Crippen molar-refractivity contribution < 1.29 is 14.6 Å². The average molecular weight is 180 g/mol. The van der Waals surface area contributed by atoms with Crippen molar-refractivity contribution >= 4 is 5.97 Å². The van der Waals surface area contributed by atoms with E-state index in [2.05, 4.69) is 12.2 Å². The lowest BCUT2D eigenvalue weighted by Crippen LogP contribution is -2.27. The quantitative estimate of drug-likeness (QED) is 0.467. The molecule has 1 saturated carbocycles. The summed E-state index contributed by atoms with van der Waals surface area (Å²) in [6, 6.07) is 0. The van der Waals surface area contributed by atoms with E-state index < -0.39 is 0 Å². The number of aliphatic hydroxyl groups is 1. The van der Waals surface area contributed by atoms with Gasteiger partial charge in [-0.1, -0.05) is 12.2 Å². The highest BCUT2D eigenvalue weighted by Crippen LogP contribution is 2.53. The fourth-order valence-electron chi connectivity index (χ4n) is 3.16. The summed E-state index contributed by atoms with van der Waals surface area (Å²) in [6.07, 6.45) is 5.15. The Morgan fingerprint density at radius 3 is 3.00 bits per heavy atom. The molecule has 2 fully saturated rings. The predicted octanol–water partition coefficient (Wildman–Crippen LogP) is 0.342. The molecule has 2 bridgehead atoms. The summed E-state index contributed by atoms with van der Waals surface area (Å²) < 4.78 is 5.13. The summed E-state index contributed by atoms with van der Waals surface area (Å²) in [5.74, 6) is 1.07. The van der Waals surface area contributed by atoms with Crippen LogP contribution in [-0.4, -0.2) is 23.8 Å². The first-order valence-corrected chi connectivity index (χ1v) is 4.81. The molecule has 5 atom stereocenters. The number of rotatable bonds is 1. The van der Waals surface area contributed by atoms with E-state index in [4.69, 9.17) is 9.84 Å². The van der Waals surface area contributed by atoms with E-state index in [0.29, 0.717) is 11.8 Å². The number of fused-ring (bicyclic) bond motifs is 5. The Hall–Kier alpha value is -0.830. The van der Waals surface area contributed by atoms with Gasteiger partial charge in [-0.15, -0.1) is 0 Å². The van der Waals surface area contributed by atoms with Crippen molar-refractivity contribution in [3.63, 3.8) is 0 Å². The molecule has 3 aliphatic rings. The Balaban J connectivity index is 1.97. The summed E-state index contributed by atoms with van der Waals surface area (Å²) in [5, 5.41) is 9.06. The third-order valence-corrected chi connectivity index (χ3v) is 3.67. The Labute approximate surface area is 76.4 Å². The first kappa shape index (κ1) is 7.56. The number of aliphatic hydroxyl groups excluding tert-OH is 1. The van der Waals surface area contributed by atoms with Gasteiger partial charge in [0, 0.05) is 5.92 Å². The van der Waals surface area contributed by atoms with Gasteiger partial charge in [0.1, 0.15) is 6.10 Å². The van der Waals surface area contributed by atoms with Crippen molar-refractivity contribution in [2.24, 2.45) is 23.7 Å². The molecule has 0 spiro atoms. The molecule has 0 aromatic rings. The van der Waals surface area contributed by atoms with Crippen LogP contribution < -0.4 is 0 Å². The molecular weight excluding hydrogens is 168 g/mol. The van der Waals surface area contributed by atoms with E-state index >= 15 is 0 Å². The number of ether oxygens (including phenoxy) is 1. The molecule has 0 aromatic carbocycles. The third kappa shape index (κ3) is 0.804. The maximum absolute atomic E-state index is 11.4. The van der Waals surface area contributed by atoms with Crippen molar-refractivity contribution in [2.45, 2.75) is 12.5 Å². The molecule has 70 valence electrons. The van der Waals surface area contributed by atoms with Gasteiger partial charge >= 0.3 is 5.97 Å². The van der Waals surface area contributed by atoms with E-state index in [-0.39, 0.29) is 30.5 Å². The highest BCUT2D eigenvalue weighted by molar-refractivity contribution is 5.77. The molecule has 2 aliphatic carbocycles. The maximum atomic E-state index is 11.4. The normalized spacial score (nSPS) is 51.2. The van der Waals surface area contributed by atoms with Crippen molar-refractivity contribution in [3.8, 4) is 0 Å². The van der Waals surface area contributed by atoms with Crippen LogP contribution in [0.4, 0.5) is 0 Å². The van der Waals surface area contributed by atoms with E-state index in [0.717, 1.165) is 6.42 Å². The minimum absolute atomic E-state index is 0.0238. The molecule has 13 heavy (non-hydrogen) atoms. The second-order valence-corrected chi connectivity index (χ2v) is 4.21. The fourth-order valence-corrected chi connectivity index (χ4v) is 3.16. The van der Waals surface area contributed by atoms with Crippen LogP contribution in [-0.2, 0) is 9.53 Å².